The number of hydrogen-bond donors (Lipinski definition) is 2. The number of thioether (sulfide) groups is 1. The van der Waals surface area contributed by atoms with Crippen LogP contribution in [-0.4, -0.2) is 38.5 Å². The van der Waals surface area contributed by atoms with E-state index in [2.05, 4.69) is 5.32 Å². The first-order valence-corrected chi connectivity index (χ1v) is 9.22. The lowest BCUT2D eigenvalue weighted by molar-refractivity contribution is -0.384. The zero-order chi connectivity index (χ0) is 21.1. The number of phenols is 1. The number of nitrogens with zero attached hydrogens (tertiary/aromatic N) is 2. The van der Waals surface area contributed by atoms with E-state index in [4.69, 9.17) is 11.6 Å². The van der Waals surface area contributed by atoms with Crippen molar-refractivity contribution < 1.29 is 24.4 Å². The Kier molecular flexibility index (Phi) is 5.85. The Bertz CT molecular complexity index is 1050. The first-order chi connectivity index (χ1) is 13.7. The molecule has 0 aromatic heterocycles. The molecule has 11 heteroatoms. The summed E-state index contributed by atoms with van der Waals surface area (Å²) in [5, 5.41) is 22.7. The van der Waals surface area contributed by atoms with Crippen molar-refractivity contribution in [3.63, 3.8) is 0 Å². The smallest absolute Gasteiger partial charge is 0.294 e. The van der Waals surface area contributed by atoms with Crippen molar-refractivity contribution in [1.29, 1.82) is 0 Å². The van der Waals surface area contributed by atoms with Gasteiger partial charge in [-0.25, -0.2) is 0 Å². The molecule has 2 aromatic carbocycles. The standard InChI is InChI=1S/C18H12ClN3O6S/c19-11-3-1-10(2-4-11)7-15-17(25)21(18(26)29-15)9-16(24)20-13-8-12(22(27)28)5-6-14(13)23/h1-8,23H,9H2,(H,20,24)/b15-7-. The van der Waals surface area contributed by atoms with E-state index >= 15 is 0 Å². The molecule has 29 heavy (non-hydrogen) atoms. The molecule has 9 nitrogen and oxygen atoms in total. The Morgan fingerprint density at radius 1 is 1.24 bits per heavy atom. The molecule has 1 fully saturated rings. The SMILES string of the molecule is O=C(CN1C(=O)S/C(=C\c2ccc(Cl)cc2)C1=O)Nc1cc([N+](=O)[O-])ccc1O. The van der Waals surface area contributed by atoms with Gasteiger partial charge < -0.3 is 10.4 Å². The summed E-state index contributed by atoms with van der Waals surface area (Å²) >= 11 is 6.50. The second-order valence-electron chi connectivity index (χ2n) is 5.83. The van der Waals surface area contributed by atoms with Gasteiger partial charge in [-0.2, -0.15) is 0 Å². The van der Waals surface area contributed by atoms with Gasteiger partial charge in [0, 0.05) is 17.2 Å². The number of non-ortho nitro benzene ring substituents is 1. The maximum absolute atomic E-state index is 12.5. The molecule has 0 aliphatic carbocycles. The van der Waals surface area contributed by atoms with Crippen molar-refractivity contribution in [2.24, 2.45) is 0 Å². The predicted molar refractivity (Wildman–Crippen MR) is 108 cm³/mol. The van der Waals surface area contributed by atoms with Crippen LogP contribution in [-0.2, 0) is 9.59 Å². The summed E-state index contributed by atoms with van der Waals surface area (Å²) in [6.07, 6.45) is 1.51. The first-order valence-electron chi connectivity index (χ1n) is 8.03. The Hall–Kier alpha value is -3.37. The Labute approximate surface area is 173 Å². The second-order valence-corrected chi connectivity index (χ2v) is 7.26. The van der Waals surface area contributed by atoms with Gasteiger partial charge in [0.25, 0.3) is 16.8 Å². The van der Waals surface area contributed by atoms with Crippen LogP contribution in [0.25, 0.3) is 6.08 Å². The first kappa shape index (κ1) is 20.4. The fourth-order valence-electron chi connectivity index (χ4n) is 2.42. The summed E-state index contributed by atoms with van der Waals surface area (Å²) in [4.78, 5) is 47.8. The van der Waals surface area contributed by atoms with Gasteiger partial charge >= 0.3 is 0 Å². The van der Waals surface area contributed by atoms with E-state index in [0.717, 1.165) is 23.1 Å². The zero-order valence-electron chi connectivity index (χ0n) is 14.5. The fraction of sp³-hybridized carbons (Fsp3) is 0.0556. The molecule has 0 unspecified atom stereocenters. The number of nitrogens with one attached hydrogen (secondary N) is 1. The average molecular weight is 434 g/mol. The van der Waals surface area contributed by atoms with E-state index in [1.165, 1.54) is 6.08 Å². The highest BCUT2D eigenvalue weighted by Crippen LogP contribution is 2.33. The van der Waals surface area contributed by atoms with E-state index in [0.29, 0.717) is 22.3 Å². The van der Waals surface area contributed by atoms with E-state index in [-0.39, 0.29) is 22.0 Å². The number of hydrogen-bond acceptors (Lipinski definition) is 7. The Morgan fingerprint density at radius 2 is 1.93 bits per heavy atom. The second kappa shape index (κ2) is 8.33. The van der Waals surface area contributed by atoms with Gasteiger partial charge in [0.05, 0.1) is 15.5 Å². The van der Waals surface area contributed by atoms with Crippen molar-refractivity contribution in [3.8, 4) is 5.75 Å². The van der Waals surface area contributed by atoms with Gasteiger partial charge in [-0.05, 0) is 41.6 Å². The quantitative estimate of drug-likeness (QED) is 0.318. The summed E-state index contributed by atoms with van der Waals surface area (Å²) in [7, 11) is 0. The third kappa shape index (κ3) is 4.73. The lowest BCUT2D eigenvalue weighted by Crippen LogP contribution is -2.36. The minimum absolute atomic E-state index is 0.142. The summed E-state index contributed by atoms with van der Waals surface area (Å²) in [5.74, 6) is -1.83. The number of rotatable bonds is 5. The maximum atomic E-state index is 12.5. The fourth-order valence-corrected chi connectivity index (χ4v) is 3.38. The Balaban J connectivity index is 1.71. The maximum Gasteiger partial charge on any atom is 0.294 e. The van der Waals surface area contributed by atoms with Gasteiger partial charge in [0.15, 0.2) is 0 Å². The number of aromatic hydroxyl groups is 1. The average Bonchev–Trinajstić information content (AvgIpc) is 2.92. The molecule has 148 valence electrons. The van der Waals surface area contributed by atoms with Crippen molar-refractivity contribution >= 4 is 57.9 Å². The molecule has 0 spiro atoms. The van der Waals surface area contributed by atoms with Gasteiger partial charge in [-0.15, -0.1) is 0 Å². The number of phenolic OH excluding ortho intramolecular Hbond substituents is 1. The molecule has 3 rings (SSSR count). The summed E-state index contributed by atoms with van der Waals surface area (Å²) in [5.41, 5.74) is 0.119. The van der Waals surface area contributed by atoms with Gasteiger partial charge in [-0.3, -0.25) is 29.4 Å². The molecular weight excluding hydrogens is 422 g/mol. The minimum atomic E-state index is -0.796. The molecule has 0 radical (unpaired) electrons. The van der Waals surface area contributed by atoms with Crippen LogP contribution in [0.5, 0.6) is 5.75 Å². The molecule has 0 atom stereocenters. The number of carbonyl (C=O) groups excluding carboxylic acids is 3. The number of carbonyl (C=O) groups is 3. The lowest BCUT2D eigenvalue weighted by Gasteiger charge is -2.13. The van der Waals surface area contributed by atoms with Gasteiger partial charge in [0.1, 0.15) is 12.3 Å². The molecule has 0 bridgehead atoms. The topological polar surface area (TPSA) is 130 Å². The molecular formula is C18H12ClN3O6S. The van der Waals surface area contributed by atoms with Crippen molar-refractivity contribution in [3.05, 3.63) is 68.1 Å². The summed E-state index contributed by atoms with van der Waals surface area (Å²) in [6, 6.07) is 9.72. The molecule has 3 amide bonds. The molecule has 2 aromatic rings. The third-order valence-electron chi connectivity index (χ3n) is 3.81. The Morgan fingerprint density at radius 3 is 2.59 bits per heavy atom. The van der Waals surface area contributed by atoms with Crippen LogP contribution in [0.4, 0.5) is 16.2 Å². The normalized spacial score (nSPS) is 15.1. The van der Waals surface area contributed by atoms with Gasteiger partial charge in [0.2, 0.25) is 5.91 Å². The predicted octanol–water partition coefficient (Wildman–Crippen LogP) is 3.63. The van der Waals surface area contributed by atoms with Crippen LogP contribution in [0.15, 0.2) is 47.4 Å². The molecule has 0 saturated carbocycles. The van der Waals surface area contributed by atoms with Crippen LogP contribution in [0.2, 0.25) is 5.02 Å². The summed E-state index contributed by atoms with van der Waals surface area (Å²) in [6.45, 7) is -0.606. The molecule has 1 aliphatic rings. The summed E-state index contributed by atoms with van der Waals surface area (Å²) < 4.78 is 0. The molecule has 1 aliphatic heterocycles. The number of nitro benzene ring substituents is 1. The van der Waals surface area contributed by atoms with Crippen molar-refractivity contribution in [2.45, 2.75) is 0 Å². The van der Waals surface area contributed by atoms with Crippen molar-refractivity contribution in [2.75, 3.05) is 11.9 Å². The van der Waals surface area contributed by atoms with E-state index in [9.17, 15) is 29.6 Å². The molecule has 1 heterocycles. The number of nitro groups is 1. The number of anilines is 1. The zero-order valence-corrected chi connectivity index (χ0v) is 16.1. The largest absolute Gasteiger partial charge is 0.506 e. The monoisotopic (exact) mass is 433 g/mol. The molecule has 2 N–H and O–H groups in total. The number of imide groups is 1. The van der Waals surface area contributed by atoms with Crippen LogP contribution in [0.3, 0.4) is 0 Å². The highest BCUT2D eigenvalue weighted by atomic mass is 35.5. The van der Waals surface area contributed by atoms with Crippen molar-refractivity contribution in [1.82, 2.24) is 4.90 Å². The number of benzene rings is 2. The van der Waals surface area contributed by atoms with Crippen LogP contribution >= 0.6 is 23.4 Å². The highest BCUT2D eigenvalue weighted by Gasteiger charge is 2.36. The van der Waals surface area contributed by atoms with Crippen LogP contribution in [0, 0.1) is 10.1 Å². The van der Waals surface area contributed by atoms with Gasteiger partial charge in [-0.1, -0.05) is 23.7 Å². The number of halogens is 1. The van der Waals surface area contributed by atoms with Crippen LogP contribution in [0.1, 0.15) is 5.56 Å². The minimum Gasteiger partial charge on any atom is -0.506 e. The molecule has 1 saturated heterocycles. The van der Waals surface area contributed by atoms with E-state index < -0.39 is 28.5 Å². The van der Waals surface area contributed by atoms with Crippen LogP contribution < -0.4 is 5.32 Å². The lowest BCUT2D eigenvalue weighted by atomic mass is 10.2. The van der Waals surface area contributed by atoms with E-state index in [1.54, 1.807) is 24.3 Å². The number of amides is 3. The highest BCUT2D eigenvalue weighted by molar-refractivity contribution is 8.18. The van der Waals surface area contributed by atoms with E-state index in [1.807, 2.05) is 0 Å². The third-order valence-corrected chi connectivity index (χ3v) is 4.97.